The first-order chi connectivity index (χ1) is 13.7. The summed E-state index contributed by atoms with van der Waals surface area (Å²) in [6.07, 6.45) is 1.01. The largest absolute Gasteiger partial charge is 0.494 e. The van der Waals surface area contributed by atoms with Crippen LogP contribution in [0.5, 0.6) is 11.5 Å². The zero-order valence-electron chi connectivity index (χ0n) is 16.9. The summed E-state index contributed by atoms with van der Waals surface area (Å²) in [5, 5.41) is 4.94. The molecule has 0 amide bonds. The van der Waals surface area contributed by atoms with E-state index < -0.39 is 0 Å². The van der Waals surface area contributed by atoms with Crippen LogP contribution in [0, 0.1) is 0 Å². The van der Waals surface area contributed by atoms with E-state index in [-0.39, 0.29) is 6.04 Å². The van der Waals surface area contributed by atoms with Crippen LogP contribution in [0.3, 0.4) is 0 Å². The fourth-order valence-corrected chi connectivity index (χ4v) is 3.88. The number of rotatable bonds is 7. The standard InChI is InChI=1S/C23H29N3O2/c1-4-27-18-8-9-21-20(15-18)19-10-11-24-22(23(19)25-21)16-6-5-7-17(14-16)28-13-12-26(2)3/h5-9,14-15,22,24-25H,4,10-13H2,1-3H3. The first-order valence-electron chi connectivity index (χ1n) is 10.0. The molecule has 2 heterocycles. The van der Waals surface area contributed by atoms with Crippen molar-refractivity contribution < 1.29 is 9.47 Å². The molecule has 1 atom stereocenters. The van der Waals surface area contributed by atoms with Gasteiger partial charge in [-0.25, -0.2) is 0 Å². The Bertz CT molecular complexity index is 948. The Hall–Kier alpha value is -2.50. The van der Waals surface area contributed by atoms with E-state index in [1.807, 2.05) is 19.1 Å². The van der Waals surface area contributed by atoms with Gasteiger partial charge in [-0.05, 0) is 68.9 Å². The minimum Gasteiger partial charge on any atom is -0.494 e. The molecule has 2 aromatic carbocycles. The number of aromatic nitrogens is 1. The zero-order valence-corrected chi connectivity index (χ0v) is 16.9. The molecule has 2 N–H and O–H groups in total. The third kappa shape index (κ3) is 3.86. The topological polar surface area (TPSA) is 49.5 Å². The van der Waals surface area contributed by atoms with E-state index in [0.717, 1.165) is 31.0 Å². The summed E-state index contributed by atoms with van der Waals surface area (Å²) in [5.41, 5.74) is 5.03. The molecule has 0 saturated heterocycles. The summed E-state index contributed by atoms with van der Waals surface area (Å²) in [6, 6.07) is 14.9. The number of hydrogen-bond acceptors (Lipinski definition) is 4. The molecule has 0 bridgehead atoms. The number of benzene rings is 2. The van der Waals surface area contributed by atoms with Crippen molar-refractivity contribution in [2.45, 2.75) is 19.4 Å². The summed E-state index contributed by atoms with van der Waals surface area (Å²) >= 11 is 0. The molecule has 5 heteroatoms. The predicted octanol–water partition coefficient (Wildman–Crippen LogP) is 3.74. The number of ether oxygens (including phenoxy) is 2. The number of nitrogens with one attached hydrogen (secondary N) is 2. The number of nitrogens with zero attached hydrogens (tertiary/aromatic N) is 1. The lowest BCUT2D eigenvalue weighted by Gasteiger charge is -2.25. The average molecular weight is 380 g/mol. The highest BCUT2D eigenvalue weighted by atomic mass is 16.5. The van der Waals surface area contributed by atoms with Crippen molar-refractivity contribution >= 4 is 10.9 Å². The molecule has 5 nitrogen and oxygen atoms in total. The molecule has 1 aliphatic heterocycles. The van der Waals surface area contributed by atoms with Gasteiger partial charge in [-0.2, -0.15) is 0 Å². The summed E-state index contributed by atoms with van der Waals surface area (Å²) in [5.74, 6) is 1.85. The van der Waals surface area contributed by atoms with E-state index in [2.05, 4.69) is 59.6 Å². The van der Waals surface area contributed by atoms with Crippen molar-refractivity contribution in [1.82, 2.24) is 15.2 Å². The normalized spacial score (nSPS) is 16.4. The van der Waals surface area contributed by atoms with Gasteiger partial charge in [-0.1, -0.05) is 12.1 Å². The lowest BCUT2D eigenvalue weighted by Crippen LogP contribution is -2.30. The van der Waals surface area contributed by atoms with Crippen LogP contribution in [0.1, 0.15) is 29.8 Å². The number of aromatic amines is 1. The molecule has 0 aliphatic carbocycles. The maximum atomic E-state index is 5.94. The summed E-state index contributed by atoms with van der Waals surface area (Å²) in [6.45, 7) is 5.25. The van der Waals surface area contributed by atoms with Gasteiger partial charge in [0.25, 0.3) is 0 Å². The van der Waals surface area contributed by atoms with Gasteiger partial charge in [0, 0.05) is 29.7 Å². The van der Waals surface area contributed by atoms with Crippen molar-refractivity contribution in [2.75, 3.05) is 40.4 Å². The van der Waals surface area contributed by atoms with Crippen molar-refractivity contribution in [1.29, 1.82) is 0 Å². The Morgan fingerprint density at radius 3 is 2.75 bits per heavy atom. The number of likely N-dealkylation sites (N-methyl/N-ethyl adjacent to an activating group) is 1. The fraction of sp³-hybridized carbons (Fsp3) is 0.391. The van der Waals surface area contributed by atoms with Crippen molar-refractivity contribution in [2.24, 2.45) is 0 Å². The first-order valence-corrected chi connectivity index (χ1v) is 10.0. The van der Waals surface area contributed by atoms with Gasteiger partial charge in [-0.3, -0.25) is 0 Å². The lowest BCUT2D eigenvalue weighted by molar-refractivity contribution is 0.261. The van der Waals surface area contributed by atoms with Gasteiger partial charge in [0.2, 0.25) is 0 Å². The van der Waals surface area contributed by atoms with Gasteiger partial charge in [0.15, 0.2) is 0 Å². The second-order valence-corrected chi connectivity index (χ2v) is 7.52. The first kappa shape index (κ1) is 18.8. The highest BCUT2D eigenvalue weighted by Crippen LogP contribution is 2.35. The highest BCUT2D eigenvalue weighted by molar-refractivity contribution is 5.86. The van der Waals surface area contributed by atoms with Gasteiger partial charge < -0.3 is 24.7 Å². The second-order valence-electron chi connectivity index (χ2n) is 7.52. The van der Waals surface area contributed by atoms with Crippen LogP contribution in [0.15, 0.2) is 42.5 Å². The van der Waals surface area contributed by atoms with Crippen LogP contribution in [0.2, 0.25) is 0 Å². The maximum absolute atomic E-state index is 5.94. The highest BCUT2D eigenvalue weighted by Gasteiger charge is 2.25. The van der Waals surface area contributed by atoms with E-state index in [4.69, 9.17) is 9.47 Å². The fourth-order valence-electron chi connectivity index (χ4n) is 3.88. The second kappa shape index (κ2) is 8.25. The van der Waals surface area contributed by atoms with Crippen molar-refractivity contribution in [3.63, 3.8) is 0 Å². The summed E-state index contributed by atoms with van der Waals surface area (Å²) in [7, 11) is 4.11. The van der Waals surface area contributed by atoms with Crippen LogP contribution >= 0.6 is 0 Å². The van der Waals surface area contributed by atoms with Crippen LogP contribution in [-0.4, -0.2) is 50.3 Å². The van der Waals surface area contributed by atoms with E-state index >= 15 is 0 Å². The molecule has 0 fully saturated rings. The molecule has 1 aliphatic rings. The number of H-pyrrole nitrogens is 1. The molecule has 4 rings (SSSR count). The molecule has 148 valence electrons. The Morgan fingerprint density at radius 1 is 1.07 bits per heavy atom. The van der Waals surface area contributed by atoms with E-state index in [1.165, 1.54) is 27.7 Å². The van der Waals surface area contributed by atoms with Crippen LogP contribution in [0.4, 0.5) is 0 Å². The molecular formula is C23H29N3O2. The Morgan fingerprint density at radius 2 is 1.93 bits per heavy atom. The molecule has 0 radical (unpaired) electrons. The molecule has 0 saturated carbocycles. The number of fused-ring (bicyclic) bond motifs is 3. The monoisotopic (exact) mass is 379 g/mol. The summed E-state index contributed by atoms with van der Waals surface area (Å²) in [4.78, 5) is 5.77. The predicted molar refractivity (Wildman–Crippen MR) is 114 cm³/mol. The van der Waals surface area contributed by atoms with Gasteiger partial charge in [-0.15, -0.1) is 0 Å². The summed E-state index contributed by atoms with van der Waals surface area (Å²) < 4.78 is 11.6. The average Bonchev–Trinajstić information content (AvgIpc) is 3.06. The van der Waals surface area contributed by atoms with E-state index in [1.54, 1.807) is 0 Å². The number of hydrogen-bond donors (Lipinski definition) is 2. The third-order valence-electron chi connectivity index (χ3n) is 5.23. The zero-order chi connectivity index (χ0) is 19.5. The van der Waals surface area contributed by atoms with Gasteiger partial charge in [0.1, 0.15) is 18.1 Å². The van der Waals surface area contributed by atoms with Crippen molar-refractivity contribution in [3.8, 4) is 11.5 Å². The van der Waals surface area contributed by atoms with Crippen LogP contribution in [0.25, 0.3) is 10.9 Å². The molecular weight excluding hydrogens is 350 g/mol. The maximum Gasteiger partial charge on any atom is 0.120 e. The van der Waals surface area contributed by atoms with Gasteiger partial charge in [0.05, 0.1) is 12.6 Å². The molecule has 1 aromatic heterocycles. The molecule has 28 heavy (non-hydrogen) atoms. The SMILES string of the molecule is CCOc1ccc2[nH]c3c(c2c1)CCNC3c1cccc(OCCN(C)C)c1. The third-order valence-corrected chi connectivity index (χ3v) is 5.23. The Kier molecular flexibility index (Phi) is 5.55. The quantitative estimate of drug-likeness (QED) is 0.657. The molecule has 1 unspecified atom stereocenters. The smallest absolute Gasteiger partial charge is 0.120 e. The Balaban J connectivity index is 1.63. The van der Waals surface area contributed by atoms with Gasteiger partial charge >= 0.3 is 0 Å². The minimum absolute atomic E-state index is 0.143. The Labute approximate surface area is 166 Å². The molecule has 0 spiro atoms. The van der Waals surface area contributed by atoms with E-state index in [0.29, 0.717) is 13.2 Å². The lowest BCUT2D eigenvalue weighted by atomic mass is 9.94. The molecule has 3 aromatic rings. The minimum atomic E-state index is 0.143. The van der Waals surface area contributed by atoms with Crippen molar-refractivity contribution in [3.05, 3.63) is 59.3 Å². The van der Waals surface area contributed by atoms with E-state index in [9.17, 15) is 0 Å². The van der Waals surface area contributed by atoms with Crippen LogP contribution < -0.4 is 14.8 Å². The van der Waals surface area contributed by atoms with Crippen LogP contribution in [-0.2, 0) is 6.42 Å².